The van der Waals surface area contributed by atoms with Gasteiger partial charge in [0.15, 0.2) is 0 Å². The number of likely N-dealkylation sites (N-methyl/N-ethyl adjacent to an activating group) is 1. The Labute approximate surface area is 201 Å². The third-order valence-corrected chi connectivity index (χ3v) is 5.85. The predicted molar refractivity (Wildman–Crippen MR) is 131 cm³/mol. The maximum Gasteiger partial charge on any atom is 0.259 e. The zero-order valence-electron chi connectivity index (χ0n) is 20.5. The van der Waals surface area contributed by atoms with Crippen LogP contribution < -0.4 is 4.74 Å². The molecule has 0 fully saturated rings. The molecule has 2 aromatic rings. The van der Waals surface area contributed by atoms with E-state index in [0.717, 1.165) is 0 Å². The van der Waals surface area contributed by atoms with Gasteiger partial charge in [-0.2, -0.15) is 0 Å². The normalized spacial score (nSPS) is 18.7. The van der Waals surface area contributed by atoms with Gasteiger partial charge in [-0.1, -0.05) is 50.8 Å². The lowest BCUT2D eigenvalue weighted by atomic mass is 9.99. The average Bonchev–Trinajstić information content (AvgIpc) is 2.84. The SMILES string of the molecule is CC(C)C#Cc1cnc2c(c1)C(=O)N([C@@H](C)CO)C[C@H](C)[C@@H](CN(C)C(=O)c1ccccc1)O2. The van der Waals surface area contributed by atoms with Crippen molar-refractivity contribution in [2.24, 2.45) is 11.8 Å². The fraction of sp³-hybridized carbons (Fsp3) is 0.444. The van der Waals surface area contributed by atoms with Crippen molar-refractivity contribution in [3.63, 3.8) is 0 Å². The molecule has 1 aromatic carbocycles. The summed E-state index contributed by atoms with van der Waals surface area (Å²) in [4.78, 5) is 34.0. The van der Waals surface area contributed by atoms with Crippen molar-refractivity contribution in [3.8, 4) is 17.7 Å². The smallest absolute Gasteiger partial charge is 0.259 e. The highest BCUT2D eigenvalue weighted by Crippen LogP contribution is 2.27. The van der Waals surface area contributed by atoms with Crippen LogP contribution in [0.1, 0.15) is 54.0 Å². The molecule has 0 radical (unpaired) electrons. The van der Waals surface area contributed by atoms with E-state index in [4.69, 9.17) is 4.74 Å². The molecule has 3 atom stereocenters. The summed E-state index contributed by atoms with van der Waals surface area (Å²) < 4.78 is 6.26. The number of hydrogen-bond acceptors (Lipinski definition) is 5. The van der Waals surface area contributed by atoms with Gasteiger partial charge in [-0.25, -0.2) is 4.98 Å². The zero-order chi connectivity index (χ0) is 24.8. The molecule has 1 N–H and O–H groups in total. The number of carbonyl (C=O) groups excluding carboxylic acids is 2. The van der Waals surface area contributed by atoms with Crippen molar-refractivity contribution >= 4 is 11.8 Å². The van der Waals surface area contributed by atoms with Gasteiger partial charge in [-0.05, 0) is 25.1 Å². The minimum atomic E-state index is -0.405. The number of nitrogens with zero attached hydrogens (tertiary/aromatic N) is 3. The molecule has 0 unspecified atom stereocenters. The summed E-state index contributed by atoms with van der Waals surface area (Å²) in [5.41, 5.74) is 1.54. The second-order valence-corrected chi connectivity index (χ2v) is 9.18. The van der Waals surface area contributed by atoms with Crippen LogP contribution in [0, 0.1) is 23.7 Å². The van der Waals surface area contributed by atoms with Crippen LogP contribution in [0.5, 0.6) is 5.88 Å². The van der Waals surface area contributed by atoms with Gasteiger partial charge in [0, 0.05) is 42.8 Å². The number of ether oxygens (including phenoxy) is 1. The van der Waals surface area contributed by atoms with E-state index in [9.17, 15) is 14.7 Å². The molecule has 1 aliphatic rings. The van der Waals surface area contributed by atoms with Crippen LogP contribution in [0.15, 0.2) is 42.6 Å². The van der Waals surface area contributed by atoms with E-state index in [0.29, 0.717) is 29.8 Å². The van der Waals surface area contributed by atoms with Crippen molar-refractivity contribution in [1.29, 1.82) is 0 Å². The number of aliphatic hydroxyl groups excluding tert-OH is 1. The molecule has 7 nitrogen and oxygen atoms in total. The van der Waals surface area contributed by atoms with Crippen molar-refractivity contribution in [3.05, 3.63) is 59.3 Å². The lowest BCUT2D eigenvalue weighted by molar-refractivity contribution is 0.0313. The number of pyridine rings is 1. The number of fused-ring (bicyclic) bond motifs is 1. The molecule has 0 spiro atoms. The number of hydrogen-bond donors (Lipinski definition) is 1. The second kappa shape index (κ2) is 11.2. The molecule has 180 valence electrons. The maximum atomic E-state index is 13.4. The molecule has 0 saturated heterocycles. The van der Waals surface area contributed by atoms with Gasteiger partial charge in [-0.3, -0.25) is 9.59 Å². The monoisotopic (exact) mass is 463 g/mol. The van der Waals surface area contributed by atoms with Gasteiger partial charge in [0.2, 0.25) is 5.88 Å². The Hall–Kier alpha value is -3.37. The van der Waals surface area contributed by atoms with E-state index in [2.05, 4.69) is 16.8 Å². The van der Waals surface area contributed by atoms with Gasteiger partial charge >= 0.3 is 0 Å². The zero-order valence-corrected chi connectivity index (χ0v) is 20.5. The van der Waals surface area contributed by atoms with Crippen molar-refractivity contribution in [2.45, 2.75) is 39.8 Å². The van der Waals surface area contributed by atoms with Gasteiger partial charge in [0.25, 0.3) is 11.8 Å². The first kappa shape index (κ1) is 25.3. The number of aromatic nitrogens is 1. The van der Waals surface area contributed by atoms with Gasteiger partial charge in [-0.15, -0.1) is 0 Å². The van der Waals surface area contributed by atoms with Gasteiger partial charge in [0.1, 0.15) is 11.7 Å². The summed E-state index contributed by atoms with van der Waals surface area (Å²) >= 11 is 0. The van der Waals surface area contributed by atoms with E-state index >= 15 is 0 Å². The van der Waals surface area contributed by atoms with E-state index < -0.39 is 6.10 Å². The van der Waals surface area contributed by atoms with Crippen LogP contribution in [0.4, 0.5) is 0 Å². The quantitative estimate of drug-likeness (QED) is 0.689. The summed E-state index contributed by atoms with van der Waals surface area (Å²) in [6.45, 7) is 8.30. The molecular weight excluding hydrogens is 430 g/mol. The molecule has 3 rings (SSSR count). The Morgan fingerprint density at radius 1 is 1.29 bits per heavy atom. The topological polar surface area (TPSA) is 83.0 Å². The molecule has 7 heteroatoms. The van der Waals surface area contributed by atoms with Crippen molar-refractivity contribution in [1.82, 2.24) is 14.8 Å². The molecule has 1 aromatic heterocycles. The fourth-order valence-electron chi connectivity index (χ4n) is 3.77. The summed E-state index contributed by atoms with van der Waals surface area (Å²) in [5.74, 6) is 6.06. The van der Waals surface area contributed by atoms with Gasteiger partial charge < -0.3 is 19.6 Å². The standard InChI is InChI=1S/C27H33N3O4/c1-18(2)11-12-21-13-23-25(28-14-21)34-24(19(3)15-30(27(23)33)20(4)17-31)16-29(5)26(32)22-9-7-6-8-10-22/h6-10,13-14,18-20,24,31H,15-17H2,1-5H3/t19-,20-,24+/m0/s1. The Morgan fingerprint density at radius 2 is 2.00 bits per heavy atom. The number of benzene rings is 1. The Morgan fingerprint density at radius 3 is 2.65 bits per heavy atom. The Balaban J connectivity index is 1.95. The number of rotatable bonds is 5. The Bertz CT molecular complexity index is 1070. The highest BCUT2D eigenvalue weighted by Gasteiger charge is 2.34. The van der Waals surface area contributed by atoms with Crippen LogP contribution in [-0.4, -0.2) is 70.6 Å². The molecule has 2 heterocycles. The van der Waals surface area contributed by atoms with E-state index in [1.54, 1.807) is 41.2 Å². The van der Waals surface area contributed by atoms with Crippen molar-refractivity contribution < 1.29 is 19.4 Å². The fourth-order valence-corrected chi connectivity index (χ4v) is 3.77. The molecule has 1 aliphatic heterocycles. The van der Waals surface area contributed by atoms with Gasteiger partial charge in [0.05, 0.1) is 19.2 Å². The third kappa shape index (κ3) is 5.95. The predicted octanol–water partition coefficient (Wildman–Crippen LogP) is 3.08. The van der Waals surface area contributed by atoms with Crippen LogP contribution >= 0.6 is 0 Å². The average molecular weight is 464 g/mol. The lowest BCUT2D eigenvalue weighted by Gasteiger charge is -2.37. The van der Waals surface area contributed by atoms with E-state index in [1.165, 1.54) is 0 Å². The third-order valence-electron chi connectivity index (χ3n) is 5.85. The minimum Gasteiger partial charge on any atom is -0.472 e. The largest absolute Gasteiger partial charge is 0.472 e. The first-order valence-electron chi connectivity index (χ1n) is 11.6. The van der Waals surface area contributed by atoms with Crippen molar-refractivity contribution in [2.75, 3.05) is 26.7 Å². The lowest BCUT2D eigenvalue weighted by Crippen LogP contribution is -2.50. The maximum absolute atomic E-state index is 13.4. The highest BCUT2D eigenvalue weighted by molar-refractivity contribution is 5.97. The van der Waals surface area contributed by atoms with Crippen LogP contribution in [0.2, 0.25) is 0 Å². The number of amides is 2. The first-order chi connectivity index (χ1) is 16.2. The van der Waals surface area contributed by atoms with E-state index in [-0.39, 0.29) is 42.2 Å². The summed E-state index contributed by atoms with van der Waals surface area (Å²) in [5, 5.41) is 9.80. The number of carbonyl (C=O) groups is 2. The molecule has 0 bridgehead atoms. The molecule has 34 heavy (non-hydrogen) atoms. The molecular formula is C27H33N3O4. The molecule has 0 aliphatic carbocycles. The van der Waals surface area contributed by atoms with E-state index in [1.807, 2.05) is 45.9 Å². The Kier molecular flexibility index (Phi) is 8.30. The summed E-state index contributed by atoms with van der Waals surface area (Å²) in [6, 6.07) is 10.4. The minimum absolute atomic E-state index is 0.109. The first-order valence-corrected chi connectivity index (χ1v) is 11.6. The highest BCUT2D eigenvalue weighted by atomic mass is 16.5. The number of aliphatic hydroxyl groups is 1. The van der Waals surface area contributed by atoms with Crippen LogP contribution in [-0.2, 0) is 0 Å². The molecule has 0 saturated carbocycles. The summed E-state index contributed by atoms with van der Waals surface area (Å²) in [7, 11) is 1.74. The second-order valence-electron chi connectivity index (χ2n) is 9.18. The molecule has 2 amide bonds. The van der Waals surface area contributed by atoms with Crippen LogP contribution in [0.3, 0.4) is 0 Å². The van der Waals surface area contributed by atoms with Crippen LogP contribution in [0.25, 0.3) is 0 Å². The summed E-state index contributed by atoms with van der Waals surface area (Å²) in [6.07, 6.45) is 1.20.